The number of amides is 1. The Balaban J connectivity index is 1.57. The molecule has 0 N–H and O–H groups in total. The van der Waals surface area contributed by atoms with Crippen molar-refractivity contribution in [2.75, 3.05) is 26.2 Å². The number of nitrogens with zero attached hydrogens (tertiary/aromatic N) is 3. The van der Waals surface area contributed by atoms with Crippen LogP contribution in [0.4, 0.5) is 0 Å². The van der Waals surface area contributed by atoms with E-state index >= 15 is 0 Å². The van der Waals surface area contributed by atoms with Gasteiger partial charge in [0.05, 0.1) is 0 Å². The average Bonchev–Trinajstić information content (AvgIpc) is 2.96. The molecule has 0 aliphatic carbocycles. The van der Waals surface area contributed by atoms with Gasteiger partial charge in [-0.15, -0.1) is 0 Å². The van der Waals surface area contributed by atoms with Crippen LogP contribution in [-0.2, 0) is 6.42 Å². The number of thiophene rings is 1. The number of hydrogen-bond acceptors (Lipinski definition) is 4. The molecule has 1 fully saturated rings. The van der Waals surface area contributed by atoms with Crippen LogP contribution in [0.3, 0.4) is 0 Å². The largest absolute Gasteiger partial charge is 0.337 e. The van der Waals surface area contributed by atoms with E-state index in [4.69, 9.17) is 0 Å². The highest BCUT2D eigenvalue weighted by Gasteiger charge is 2.22. The molecule has 5 heteroatoms. The molecular weight excluding hydrogens is 306 g/mol. The maximum atomic E-state index is 12.6. The summed E-state index contributed by atoms with van der Waals surface area (Å²) in [5.41, 5.74) is 2.15. The van der Waals surface area contributed by atoms with Crippen LogP contribution in [0.15, 0.2) is 41.4 Å². The van der Waals surface area contributed by atoms with Crippen molar-refractivity contribution in [1.29, 1.82) is 0 Å². The molecule has 1 atom stereocenters. The first-order chi connectivity index (χ1) is 11.2. The summed E-state index contributed by atoms with van der Waals surface area (Å²) in [5, 5.41) is 4.37. The molecule has 1 aliphatic rings. The van der Waals surface area contributed by atoms with E-state index in [0.29, 0.717) is 6.04 Å². The highest BCUT2D eigenvalue weighted by Crippen LogP contribution is 2.15. The van der Waals surface area contributed by atoms with Crippen molar-refractivity contribution in [2.24, 2.45) is 0 Å². The highest BCUT2D eigenvalue weighted by atomic mass is 32.1. The number of rotatable bonds is 4. The smallest absolute Gasteiger partial charge is 0.254 e. The maximum Gasteiger partial charge on any atom is 0.254 e. The molecule has 4 nitrogen and oxygen atoms in total. The monoisotopic (exact) mass is 329 g/mol. The van der Waals surface area contributed by atoms with Crippen molar-refractivity contribution < 1.29 is 4.79 Å². The molecule has 1 saturated heterocycles. The normalized spacial score (nSPS) is 17.7. The standard InChI is InChI=1S/C18H23N3OS/c1-15(13-16-5-12-23-14-16)20-8-2-9-21(11-10-20)18(22)17-3-6-19-7-4-17/h3-7,12,14-15H,2,8-11,13H2,1H3/t15-/m1/s1. The van der Waals surface area contributed by atoms with Crippen molar-refractivity contribution >= 4 is 17.2 Å². The van der Waals surface area contributed by atoms with Crippen molar-refractivity contribution in [3.8, 4) is 0 Å². The Kier molecular flexibility index (Phi) is 5.41. The Labute approximate surface area is 141 Å². The molecule has 2 aromatic heterocycles. The van der Waals surface area contributed by atoms with Crippen LogP contribution in [-0.4, -0.2) is 52.9 Å². The van der Waals surface area contributed by atoms with Gasteiger partial charge in [-0.25, -0.2) is 0 Å². The lowest BCUT2D eigenvalue weighted by atomic mass is 10.1. The fraction of sp³-hybridized carbons (Fsp3) is 0.444. The Morgan fingerprint density at radius 1 is 1.22 bits per heavy atom. The van der Waals surface area contributed by atoms with Crippen LogP contribution in [0.2, 0.25) is 0 Å². The molecule has 0 spiro atoms. The van der Waals surface area contributed by atoms with Gasteiger partial charge in [-0.2, -0.15) is 11.3 Å². The van der Waals surface area contributed by atoms with Gasteiger partial charge in [0.15, 0.2) is 0 Å². The fourth-order valence-electron chi connectivity index (χ4n) is 3.14. The summed E-state index contributed by atoms with van der Waals surface area (Å²) < 4.78 is 0. The predicted molar refractivity (Wildman–Crippen MR) is 93.8 cm³/mol. The lowest BCUT2D eigenvalue weighted by Gasteiger charge is -2.27. The summed E-state index contributed by atoms with van der Waals surface area (Å²) in [6.45, 7) is 5.93. The second-order valence-corrected chi connectivity index (χ2v) is 6.88. The number of carbonyl (C=O) groups excluding carboxylic acids is 1. The van der Waals surface area contributed by atoms with Gasteiger partial charge in [-0.1, -0.05) is 0 Å². The van der Waals surface area contributed by atoms with E-state index in [9.17, 15) is 4.79 Å². The molecule has 0 unspecified atom stereocenters. The third-order valence-electron chi connectivity index (χ3n) is 4.48. The van der Waals surface area contributed by atoms with Gasteiger partial charge in [0.25, 0.3) is 5.91 Å². The zero-order valence-corrected chi connectivity index (χ0v) is 14.3. The highest BCUT2D eigenvalue weighted by molar-refractivity contribution is 7.07. The van der Waals surface area contributed by atoms with Crippen molar-refractivity contribution in [3.05, 3.63) is 52.5 Å². The first-order valence-corrected chi connectivity index (χ1v) is 9.13. The Bertz CT molecular complexity index is 614. The molecule has 3 rings (SSSR count). The van der Waals surface area contributed by atoms with E-state index in [-0.39, 0.29) is 5.91 Å². The minimum atomic E-state index is 0.125. The van der Waals surface area contributed by atoms with E-state index in [1.54, 1.807) is 35.9 Å². The molecule has 1 aliphatic heterocycles. The van der Waals surface area contributed by atoms with Gasteiger partial charge in [0.2, 0.25) is 0 Å². The van der Waals surface area contributed by atoms with Crippen LogP contribution < -0.4 is 0 Å². The molecule has 23 heavy (non-hydrogen) atoms. The second kappa shape index (κ2) is 7.70. The third-order valence-corrected chi connectivity index (χ3v) is 5.21. The van der Waals surface area contributed by atoms with Gasteiger partial charge < -0.3 is 4.90 Å². The van der Waals surface area contributed by atoms with E-state index in [1.165, 1.54) is 5.56 Å². The van der Waals surface area contributed by atoms with Crippen molar-refractivity contribution in [3.63, 3.8) is 0 Å². The zero-order valence-electron chi connectivity index (χ0n) is 13.5. The van der Waals surface area contributed by atoms with E-state index in [1.807, 2.05) is 4.90 Å². The van der Waals surface area contributed by atoms with E-state index in [0.717, 1.165) is 44.6 Å². The minimum Gasteiger partial charge on any atom is -0.337 e. The molecule has 122 valence electrons. The lowest BCUT2D eigenvalue weighted by Crippen LogP contribution is -2.39. The molecule has 3 heterocycles. The molecule has 0 radical (unpaired) electrons. The van der Waals surface area contributed by atoms with Crippen LogP contribution in [0, 0.1) is 0 Å². The number of carbonyl (C=O) groups is 1. The maximum absolute atomic E-state index is 12.6. The summed E-state index contributed by atoms with van der Waals surface area (Å²) in [6, 6.07) is 6.31. The Morgan fingerprint density at radius 3 is 2.78 bits per heavy atom. The van der Waals surface area contributed by atoms with Gasteiger partial charge in [0.1, 0.15) is 0 Å². The van der Waals surface area contributed by atoms with Gasteiger partial charge >= 0.3 is 0 Å². The third kappa shape index (κ3) is 4.18. The van der Waals surface area contributed by atoms with Crippen LogP contribution in [0.5, 0.6) is 0 Å². The van der Waals surface area contributed by atoms with Crippen molar-refractivity contribution in [1.82, 2.24) is 14.8 Å². The molecule has 0 bridgehead atoms. The molecule has 2 aromatic rings. The number of aromatic nitrogens is 1. The molecule has 1 amide bonds. The summed E-state index contributed by atoms with van der Waals surface area (Å²) >= 11 is 1.76. The Hall–Kier alpha value is -1.72. The fourth-order valence-corrected chi connectivity index (χ4v) is 3.82. The molecule has 0 aromatic carbocycles. The minimum absolute atomic E-state index is 0.125. The topological polar surface area (TPSA) is 36.4 Å². The molecular formula is C18H23N3OS. The summed E-state index contributed by atoms with van der Waals surface area (Å²) in [6.07, 6.45) is 5.48. The quantitative estimate of drug-likeness (QED) is 0.865. The van der Waals surface area contributed by atoms with Crippen LogP contribution in [0.25, 0.3) is 0 Å². The molecule has 0 saturated carbocycles. The first kappa shape index (κ1) is 16.1. The summed E-state index contributed by atoms with van der Waals surface area (Å²) in [4.78, 5) is 21.0. The van der Waals surface area contributed by atoms with Gasteiger partial charge in [-0.3, -0.25) is 14.7 Å². The SMILES string of the molecule is C[C@H](Cc1ccsc1)N1CCCN(C(=O)c2ccncc2)CC1. The predicted octanol–water partition coefficient (Wildman–Crippen LogP) is 2.92. The lowest BCUT2D eigenvalue weighted by molar-refractivity contribution is 0.0758. The average molecular weight is 329 g/mol. The summed E-state index contributed by atoms with van der Waals surface area (Å²) in [5.74, 6) is 0.125. The second-order valence-electron chi connectivity index (χ2n) is 6.10. The zero-order chi connectivity index (χ0) is 16.1. The Morgan fingerprint density at radius 2 is 2.04 bits per heavy atom. The van der Waals surface area contributed by atoms with Crippen LogP contribution >= 0.6 is 11.3 Å². The van der Waals surface area contributed by atoms with E-state index in [2.05, 4.69) is 33.6 Å². The van der Waals surface area contributed by atoms with Crippen LogP contribution in [0.1, 0.15) is 29.3 Å². The van der Waals surface area contributed by atoms with E-state index < -0.39 is 0 Å². The van der Waals surface area contributed by atoms with Crippen molar-refractivity contribution in [2.45, 2.75) is 25.8 Å². The van der Waals surface area contributed by atoms with Gasteiger partial charge in [0, 0.05) is 50.2 Å². The van der Waals surface area contributed by atoms with Gasteiger partial charge in [-0.05, 0) is 54.3 Å². The summed E-state index contributed by atoms with van der Waals surface area (Å²) in [7, 11) is 0. The number of hydrogen-bond donors (Lipinski definition) is 0. The first-order valence-electron chi connectivity index (χ1n) is 8.18. The number of pyridine rings is 1.